The highest BCUT2D eigenvalue weighted by atomic mass is 19.1. The Labute approximate surface area is 235 Å². The molecule has 1 saturated heterocycles. The van der Waals surface area contributed by atoms with Gasteiger partial charge in [-0.1, -0.05) is 30.3 Å². The number of aryl methyl sites for hydroxylation is 1. The van der Waals surface area contributed by atoms with E-state index in [9.17, 15) is 9.90 Å². The number of halogens is 1. The maximum absolute atomic E-state index is 15.6. The van der Waals surface area contributed by atoms with E-state index in [1.54, 1.807) is 49.5 Å². The zero-order chi connectivity index (χ0) is 28.7. The Balaban J connectivity index is 1.73. The molecule has 4 rings (SSSR count). The SMILES string of the molecule is COCCCC[C@@](O)(c1cccc(F)c1-c1cc(C)cc(OC)c1)C1CN(C(=O)c2ccc(CN)cc2)CCO1. The average molecular weight is 551 g/mol. The third-order valence-corrected chi connectivity index (χ3v) is 7.53. The van der Waals surface area contributed by atoms with Crippen LogP contribution in [0.5, 0.6) is 5.75 Å². The molecule has 3 aromatic carbocycles. The number of morpholine rings is 1. The zero-order valence-electron chi connectivity index (χ0n) is 23.5. The summed E-state index contributed by atoms with van der Waals surface area (Å²) in [6, 6.07) is 17.5. The second kappa shape index (κ2) is 13.4. The summed E-state index contributed by atoms with van der Waals surface area (Å²) < 4.78 is 32.5. The van der Waals surface area contributed by atoms with Gasteiger partial charge < -0.3 is 30.0 Å². The van der Waals surface area contributed by atoms with E-state index in [0.29, 0.717) is 67.0 Å². The van der Waals surface area contributed by atoms with E-state index >= 15 is 4.39 Å². The first-order valence-corrected chi connectivity index (χ1v) is 13.7. The average Bonchev–Trinajstić information content (AvgIpc) is 2.98. The van der Waals surface area contributed by atoms with Gasteiger partial charge >= 0.3 is 0 Å². The van der Waals surface area contributed by atoms with Crippen LogP contribution in [0.4, 0.5) is 4.39 Å². The van der Waals surface area contributed by atoms with Crippen molar-refractivity contribution in [3.8, 4) is 16.9 Å². The highest BCUT2D eigenvalue weighted by Gasteiger charge is 2.44. The lowest BCUT2D eigenvalue weighted by Crippen LogP contribution is -2.54. The van der Waals surface area contributed by atoms with Gasteiger partial charge in [-0.15, -0.1) is 0 Å². The number of nitrogens with two attached hydrogens (primary N) is 1. The highest BCUT2D eigenvalue weighted by Crippen LogP contribution is 2.42. The first kappa shape index (κ1) is 29.7. The van der Waals surface area contributed by atoms with E-state index in [1.807, 2.05) is 31.2 Å². The van der Waals surface area contributed by atoms with Gasteiger partial charge in [-0.3, -0.25) is 4.79 Å². The Hall–Kier alpha value is -3.30. The maximum atomic E-state index is 15.6. The molecule has 0 aromatic heterocycles. The van der Waals surface area contributed by atoms with Gasteiger partial charge in [0.05, 0.1) is 20.3 Å². The summed E-state index contributed by atoms with van der Waals surface area (Å²) >= 11 is 0. The molecule has 1 heterocycles. The molecule has 1 aliphatic heterocycles. The van der Waals surface area contributed by atoms with Crippen molar-refractivity contribution in [2.75, 3.05) is 40.5 Å². The fraction of sp³-hybridized carbons (Fsp3) is 0.406. The number of rotatable bonds is 11. The lowest BCUT2D eigenvalue weighted by atomic mass is 9.78. The van der Waals surface area contributed by atoms with Crippen LogP contribution in [-0.2, 0) is 21.6 Å². The number of benzene rings is 3. The third kappa shape index (κ3) is 6.53. The first-order valence-electron chi connectivity index (χ1n) is 13.7. The molecule has 0 spiro atoms. The Morgan fingerprint density at radius 1 is 1.15 bits per heavy atom. The molecule has 0 radical (unpaired) electrons. The van der Waals surface area contributed by atoms with E-state index in [1.165, 1.54) is 6.07 Å². The summed E-state index contributed by atoms with van der Waals surface area (Å²) in [6.07, 6.45) is 0.854. The number of nitrogens with zero attached hydrogens (tertiary/aromatic N) is 1. The summed E-state index contributed by atoms with van der Waals surface area (Å²) in [5, 5.41) is 12.5. The van der Waals surface area contributed by atoms with Gasteiger partial charge in [-0.2, -0.15) is 0 Å². The summed E-state index contributed by atoms with van der Waals surface area (Å²) in [5.41, 5.74) is 7.83. The molecule has 0 saturated carbocycles. The number of carbonyl (C=O) groups is 1. The molecule has 3 N–H and O–H groups in total. The second-order valence-corrected chi connectivity index (χ2v) is 10.3. The number of aliphatic hydroxyl groups is 1. The van der Waals surface area contributed by atoms with Gasteiger partial charge in [-0.25, -0.2) is 4.39 Å². The monoisotopic (exact) mass is 550 g/mol. The van der Waals surface area contributed by atoms with Gasteiger partial charge in [0, 0.05) is 37.9 Å². The first-order chi connectivity index (χ1) is 19.3. The molecular weight excluding hydrogens is 511 g/mol. The van der Waals surface area contributed by atoms with Crippen molar-refractivity contribution < 1.29 is 28.5 Å². The Bertz CT molecular complexity index is 1300. The van der Waals surface area contributed by atoms with Crippen LogP contribution in [-0.4, -0.2) is 62.5 Å². The summed E-state index contributed by atoms with van der Waals surface area (Å²) in [6.45, 7) is 3.64. The molecule has 1 unspecified atom stereocenters. The minimum absolute atomic E-state index is 0.151. The van der Waals surface area contributed by atoms with E-state index in [0.717, 1.165) is 11.1 Å². The third-order valence-electron chi connectivity index (χ3n) is 7.53. The van der Waals surface area contributed by atoms with Crippen LogP contribution in [0.2, 0.25) is 0 Å². The number of hydrogen-bond donors (Lipinski definition) is 2. The smallest absolute Gasteiger partial charge is 0.254 e. The number of hydrogen-bond acceptors (Lipinski definition) is 6. The lowest BCUT2D eigenvalue weighted by Gasteiger charge is -2.43. The van der Waals surface area contributed by atoms with Crippen molar-refractivity contribution in [3.05, 3.63) is 88.7 Å². The van der Waals surface area contributed by atoms with Crippen molar-refractivity contribution >= 4 is 5.91 Å². The lowest BCUT2D eigenvalue weighted by molar-refractivity contribution is -0.146. The maximum Gasteiger partial charge on any atom is 0.254 e. The van der Waals surface area contributed by atoms with Crippen molar-refractivity contribution in [2.45, 2.75) is 44.4 Å². The van der Waals surface area contributed by atoms with E-state index < -0.39 is 17.5 Å². The van der Waals surface area contributed by atoms with Crippen molar-refractivity contribution in [2.24, 2.45) is 5.73 Å². The van der Waals surface area contributed by atoms with Crippen molar-refractivity contribution in [1.29, 1.82) is 0 Å². The van der Waals surface area contributed by atoms with Crippen LogP contribution in [0.15, 0.2) is 60.7 Å². The largest absolute Gasteiger partial charge is 0.497 e. The fourth-order valence-electron chi connectivity index (χ4n) is 5.39. The minimum Gasteiger partial charge on any atom is -0.497 e. The molecule has 40 heavy (non-hydrogen) atoms. The van der Waals surface area contributed by atoms with Gasteiger partial charge in [0.15, 0.2) is 0 Å². The molecule has 1 aliphatic rings. The summed E-state index contributed by atoms with van der Waals surface area (Å²) in [5.74, 6) is -0.00937. The molecule has 7 nitrogen and oxygen atoms in total. The van der Waals surface area contributed by atoms with Gasteiger partial charge in [0.1, 0.15) is 23.3 Å². The van der Waals surface area contributed by atoms with Gasteiger partial charge in [0.2, 0.25) is 0 Å². The minimum atomic E-state index is -1.58. The topological polar surface area (TPSA) is 94.2 Å². The van der Waals surface area contributed by atoms with Crippen LogP contribution < -0.4 is 10.5 Å². The predicted molar refractivity (Wildman–Crippen MR) is 153 cm³/mol. The normalized spacial score (nSPS) is 16.9. The van der Waals surface area contributed by atoms with Crippen molar-refractivity contribution in [3.63, 3.8) is 0 Å². The molecular formula is C32H39FN2O5. The van der Waals surface area contributed by atoms with Gasteiger partial charge in [0.25, 0.3) is 5.91 Å². The van der Waals surface area contributed by atoms with E-state index in [2.05, 4.69) is 0 Å². The predicted octanol–water partition coefficient (Wildman–Crippen LogP) is 4.81. The number of amides is 1. The summed E-state index contributed by atoms with van der Waals surface area (Å²) in [4.78, 5) is 15.1. The Morgan fingerprint density at radius 2 is 1.93 bits per heavy atom. The standard InChI is InChI=1S/C32H39FN2O5/c1-22-17-25(19-26(18-22)39-3)30-27(7-6-8-28(30)33)32(37,13-4-5-15-38-2)29-21-35(14-16-40-29)31(36)24-11-9-23(20-34)10-12-24/h6-12,17-19,29,37H,4-5,13-16,20-21,34H2,1-3H3/t29?,32-/m1/s1. The molecule has 8 heteroatoms. The zero-order valence-corrected chi connectivity index (χ0v) is 23.5. The van der Waals surface area contributed by atoms with Crippen LogP contribution in [0, 0.1) is 12.7 Å². The molecule has 2 atom stereocenters. The van der Waals surface area contributed by atoms with E-state index in [4.69, 9.17) is 19.9 Å². The molecule has 214 valence electrons. The number of ether oxygens (including phenoxy) is 3. The number of carbonyl (C=O) groups excluding carboxylic acids is 1. The van der Waals surface area contributed by atoms with E-state index in [-0.39, 0.29) is 19.1 Å². The van der Waals surface area contributed by atoms with Gasteiger partial charge in [-0.05, 0) is 78.8 Å². The Morgan fingerprint density at radius 3 is 2.62 bits per heavy atom. The molecule has 1 fully saturated rings. The summed E-state index contributed by atoms with van der Waals surface area (Å²) in [7, 11) is 3.20. The molecule has 3 aromatic rings. The molecule has 0 bridgehead atoms. The number of unbranched alkanes of at least 4 members (excludes halogenated alkanes) is 1. The highest BCUT2D eigenvalue weighted by molar-refractivity contribution is 5.94. The van der Waals surface area contributed by atoms with Crippen LogP contribution >= 0.6 is 0 Å². The van der Waals surface area contributed by atoms with Crippen LogP contribution in [0.3, 0.4) is 0 Å². The number of methoxy groups -OCH3 is 2. The van der Waals surface area contributed by atoms with Crippen LogP contribution in [0.25, 0.3) is 11.1 Å². The van der Waals surface area contributed by atoms with Crippen molar-refractivity contribution in [1.82, 2.24) is 4.90 Å². The Kier molecular flexibility index (Phi) is 9.92. The molecule has 1 amide bonds. The quantitative estimate of drug-likeness (QED) is 0.333. The fourth-order valence-corrected chi connectivity index (χ4v) is 5.39. The second-order valence-electron chi connectivity index (χ2n) is 10.3. The van der Waals surface area contributed by atoms with Crippen LogP contribution in [0.1, 0.15) is 46.3 Å². The molecule has 0 aliphatic carbocycles.